The predicted octanol–water partition coefficient (Wildman–Crippen LogP) is 3.12. The Morgan fingerprint density at radius 3 is 2.55 bits per heavy atom. The van der Waals surface area contributed by atoms with Crippen molar-refractivity contribution in [1.29, 1.82) is 0 Å². The third-order valence-electron chi connectivity index (χ3n) is 3.42. The Hall–Kier alpha value is -1.79. The summed E-state index contributed by atoms with van der Waals surface area (Å²) in [7, 11) is -2.04. The summed E-state index contributed by atoms with van der Waals surface area (Å²) in [4.78, 5) is 0.294. The molecule has 0 amide bonds. The number of furan rings is 1. The summed E-state index contributed by atoms with van der Waals surface area (Å²) in [5, 5.41) is 0. The molecule has 0 unspecified atom stereocenters. The van der Waals surface area contributed by atoms with E-state index in [9.17, 15) is 8.42 Å². The summed E-state index contributed by atoms with van der Waals surface area (Å²) < 4.78 is 37.5. The second-order valence-corrected chi connectivity index (χ2v) is 7.17. The first kappa shape index (κ1) is 16.6. The van der Waals surface area contributed by atoms with Gasteiger partial charge in [-0.2, -0.15) is 4.31 Å². The zero-order valence-electron chi connectivity index (χ0n) is 13.3. The number of nitrogens with zero attached hydrogens (tertiary/aromatic N) is 1. The summed E-state index contributed by atoms with van der Waals surface area (Å²) in [6.07, 6.45) is 1.53. The monoisotopic (exact) mass is 323 g/mol. The highest BCUT2D eigenvalue weighted by atomic mass is 32.2. The highest BCUT2D eigenvalue weighted by Gasteiger charge is 2.24. The fourth-order valence-corrected chi connectivity index (χ4v) is 3.65. The predicted molar refractivity (Wildman–Crippen MR) is 84.4 cm³/mol. The van der Waals surface area contributed by atoms with Crippen molar-refractivity contribution in [3.63, 3.8) is 0 Å². The van der Waals surface area contributed by atoms with E-state index in [1.165, 1.54) is 10.6 Å². The Labute approximate surface area is 131 Å². The van der Waals surface area contributed by atoms with E-state index in [0.29, 0.717) is 28.6 Å². The van der Waals surface area contributed by atoms with Gasteiger partial charge < -0.3 is 9.15 Å². The SMILES string of the molecule is CCOc1cc(C)c(S(=O)(=O)N(C)Cc2ccco2)cc1C. The second-order valence-electron chi connectivity index (χ2n) is 5.16. The third-order valence-corrected chi connectivity index (χ3v) is 5.36. The summed E-state index contributed by atoms with van der Waals surface area (Å²) in [5.74, 6) is 1.32. The molecule has 0 radical (unpaired) electrons. The molecule has 0 N–H and O–H groups in total. The normalized spacial score (nSPS) is 11.9. The maximum Gasteiger partial charge on any atom is 0.243 e. The lowest BCUT2D eigenvalue weighted by Gasteiger charge is -2.19. The van der Waals surface area contributed by atoms with Crippen LogP contribution in [0.15, 0.2) is 39.8 Å². The summed E-state index contributed by atoms with van der Waals surface area (Å²) in [5.41, 5.74) is 1.47. The molecule has 120 valence electrons. The zero-order valence-corrected chi connectivity index (χ0v) is 14.1. The van der Waals surface area contributed by atoms with Gasteiger partial charge in [-0.3, -0.25) is 0 Å². The fourth-order valence-electron chi connectivity index (χ4n) is 2.23. The van der Waals surface area contributed by atoms with Crippen molar-refractivity contribution >= 4 is 10.0 Å². The van der Waals surface area contributed by atoms with Gasteiger partial charge in [0.15, 0.2) is 0 Å². The molecule has 0 aliphatic rings. The third kappa shape index (κ3) is 3.34. The van der Waals surface area contributed by atoms with Crippen molar-refractivity contribution in [2.24, 2.45) is 0 Å². The van der Waals surface area contributed by atoms with Gasteiger partial charge in [0.25, 0.3) is 0 Å². The van der Waals surface area contributed by atoms with E-state index in [0.717, 1.165) is 5.56 Å². The maximum atomic E-state index is 12.7. The van der Waals surface area contributed by atoms with Crippen LogP contribution in [0.3, 0.4) is 0 Å². The van der Waals surface area contributed by atoms with Crippen LogP contribution in [0.2, 0.25) is 0 Å². The second kappa shape index (κ2) is 6.54. The van der Waals surface area contributed by atoms with E-state index in [4.69, 9.17) is 9.15 Å². The highest BCUT2D eigenvalue weighted by Crippen LogP contribution is 2.28. The molecule has 0 saturated heterocycles. The van der Waals surface area contributed by atoms with Crippen LogP contribution in [-0.4, -0.2) is 26.4 Å². The molecule has 2 rings (SSSR count). The lowest BCUT2D eigenvalue weighted by Crippen LogP contribution is -2.27. The van der Waals surface area contributed by atoms with Gasteiger partial charge in [0, 0.05) is 7.05 Å². The molecule has 0 aliphatic carbocycles. The molecule has 1 aromatic carbocycles. The number of aryl methyl sites for hydroxylation is 2. The minimum atomic E-state index is -3.58. The largest absolute Gasteiger partial charge is 0.494 e. The fraction of sp³-hybridized carbons (Fsp3) is 0.375. The quantitative estimate of drug-likeness (QED) is 0.819. The Balaban J connectivity index is 2.34. The van der Waals surface area contributed by atoms with E-state index < -0.39 is 10.0 Å². The standard InChI is InChI=1S/C16H21NO4S/c1-5-20-15-9-13(3)16(10-12(15)2)22(18,19)17(4)11-14-7-6-8-21-14/h6-10H,5,11H2,1-4H3. The number of benzene rings is 1. The van der Waals surface area contributed by atoms with Crippen molar-refractivity contribution in [3.8, 4) is 5.75 Å². The minimum absolute atomic E-state index is 0.195. The zero-order chi connectivity index (χ0) is 16.3. The number of hydrogen-bond acceptors (Lipinski definition) is 4. The van der Waals surface area contributed by atoms with Crippen LogP contribution >= 0.6 is 0 Å². The molecule has 6 heteroatoms. The summed E-state index contributed by atoms with van der Waals surface area (Å²) >= 11 is 0. The molecule has 0 fully saturated rings. The minimum Gasteiger partial charge on any atom is -0.494 e. The van der Waals surface area contributed by atoms with Gasteiger partial charge in [-0.1, -0.05) is 0 Å². The van der Waals surface area contributed by atoms with Crippen LogP contribution in [0.1, 0.15) is 23.8 Å². The van der Waals surface area contributed by atoms with Crippen LogP contribution in [-0.2, 0) is 16.6 Å². The number of hydrogen-bond donors (Lipinski definition) is 0. The van der Waals surface area contributed by atoms with Gasteiger partial charge in [0.2, 0.25) is 10.0 Å². The van der Waals surface area contributed by atoms with Gasteiger partial charge >= 0.3 is 0 Å². The molecule has 0 bridgehead atoms. The van der Waals surface area contributed by atoms with Gasteiger partial charge in [0.05, 0.1) is 24.3 Å². The van der Waals surface area contributed by atoms with E-state index in [1.54, 1.807) is 38.2 Å². The first-order chi connectivity index (χ1) is 10.4. The Bertz CT molecular complexity index is 736. The topological polar surface area (TPSA) is 59.8 Å². The maximum absolute atomic E-state index is 12.7. The first-order valence-corrected chi connectivity index (χ1v) is 8.53. The average molecular weight is 323 g/mol. The number of rotatable bonds is 6. The summed E-state index contributed by atoms with van der Waals surface area (Å²) in [6, 6.07) is 6.92. The molecule has 0 saturated carbocycles. The van der Waals surface area contributed by atoms with Gasteiger partial charge in [0.1, 0.15) is 11.5 Å². The molecular formula is C16H21NO4S. The van der Waals surface area contributed by atoms with Gasteiger partial charge in [-0.25, -0.2) is 8.42 Å². The molecule has 0 atom stereocenters. The van der Waals surface area contributed by atoms with E-state index in [-0.39, 0.29) is 6.54 Å². The smallest absolute Gasteiger partial charge is 0.243 e. The molecule has 22 heavy (non-hydrogen) atoms. The lowest BCUT2D eigenvalue weighted by molar-refractivity contribution is 0.337. The van der Waals surface area contributed by atoms with Crippen molar-refractivity contribution < 1.29 is 17.6 Å². The van der Waals surface area contributed by atoms with Crippen molar-refractivity contribution in [2.45, 2.75) is 32.2 Å². The van der Waals surface area contributed by atoms with Crippen LogP contribution in [0, 0.1) is 13.8 Å². The Morgan fingerprint density at radius 1 is 1.23 bits per heavy atom. The molecular weight excluding hydrogens is 302 g/mol. The summed E-state index contributed by atoms with van der Waals surface area (Å²) in [6.45, 7) is 6.26. The molecule has 0 spiro atoms. The Morgan fingerprint density at radius 2 is 1.95 bits per heavy atom. The van der Waals surface area contributed by atoms with Crippen LogP contribution in [0.5, 0.6) is 5.75 Å². The average Bonchev–Trinajstić information content (AvgIpc) is 2.95. The number of ether oxygens (including phenoxy) is 1. The van der Waals surface area contributed by atoms with E-state index >= 15 is 0 Å². The van der Waals surface area contributed by atoms with Crippen LogP contribution < -0.4 is 4.74 Å². The van der Waals surface area contributed by atoms with Gasteiger partial charge in [-0.15, -0.1) is 0 Å². The van der Waals surface area contributed by atoms with E-state index in [2.05, 4.69) is 0 Å². The first-order valence-electron chi connectivity index (χ1n) is 7.09. The van der Waals surface area contributed by atoms with Crippen LogP contribution in [0.4, 0.5) is 0 Å². The Kier molecular flexibility index (Phi) is 4.93. The molecule has 1 aromatic heterocycles. The molecule has 5 nitrogen and oxygen atoms in total. The van der Waals surface area contributed by atoms with Crippen LogP contribution in [0.25, 0.3) is 0 Å². The molecule has 2 aromatic rings. The van der Waals surface area contributed by atoms with Crippen molar-refractivity contribution in [2.75, 3.05) is 13.7 Å². The van der Waals surface area contributed by atoms with Crippen molar-refractivity contribution in [1.82, 2.24) is 4.31 Å². The lowest BCUT2D eigenvalue weighted by atomic mass is 10.1. The molecule has 0 aliphatic heterocycles. The van der Waals surface area contributed by atoms with Crippen molar-refractivity contribution in [3.05, 3.63) is 47.4 Å². The van der Waals surface area contributed by atoms with E-state index in [1.807, 2.05) is 13.8 Å². The number of sulfonamides is 1. The highest BCUT2D eigenvalue weighted by molar-refractivity contribution is 7.89. The van der Waals surface area contributed by atoms with Gasteiger partial charge in [-0.05, 0) is 56.2 Å². The molecule has 1 heterocycles.